The number of ether oxygens (including phenoxy) is 3. The third-order valence-corrected chi connectivity index (χ3v) is 3.81. The van der Waals surface area contributed by atoms with Gasteiger partial charge in [-0.25, -0.2) is 0 Å². The maximum Gasteiger partial charge on any atom is 0.270 e. The maximum absolute atomic E-state index is 10.9. The number of benzene rings is 2. The molecular formula is C17H16N2O5. The monoisotopic (exact) mass is 328 g/mol. The topological polar surface area (TPSA) is 75.8 Å². The number of rotatable bonds is 5. The fourth-order valence-corrected chi connectivity index (χ4v) is 2.67. The Morgan fingerprint density at radius 1 is 0.958 bits per heavy atom. The van der Waals surface area contributed by atoms with E-state index in [9.17, 15) is 10.1 Å². The lowest BCUT2D eigenvalue weighted by molar-refractivity contribution is -0.384. The molecule has 0 radical (unpaired) electrons. The van der Waals surface area contributed by atoms with Crippen LogP contribution < -0.4 is 14.2 Å². The summed E-state index contributed by atoms with van der Waals surface area (Å²) in [5, 5.41) is 11.7. The molecule has 0 N–H and O–H groups in total. The van der Waals surface area contributed by atoms with Gasteiger partial charge < -0.3 is 18.8 Å². The van der Waals surface area contributed by atoms with Crippen LogP contribution in [0.1, 0.15) is 0 Å². The Morgan fingerprint density at radius 3 is 2.17 bits per heavy atom. The Morgan fingerprint density at radius 2 is 1.62 bits per heavy atom. The Kier molecular flexibility index (Phi) is 3.99. The summed E-state index contributed by atoms with van der Waals surface area (Å²) in [6, 6.07) is 10.2. The molecule has 0 spiro atoms. The molecule has 1 aromatic heterocycles. The van der Waals surface area contributed by atoms with E-state index in [0.29, 0.717) is 17.2 Å². The average molecular weight is 328 g/mol. The number of aromatic nitrogens is 1. The van der Waals surface area contributed by atoms with Gasteiger partial charge in [-0.05, 0) is 12.1 Å². The summed E-state index contributed by atoms with van der Waals surface area (Å²) in [7, 11) is 4.65. The second-order valence-electron chi connectivity index (χ2n) is 5.07. The number of methoxy groups -OCH3 is 3. The SMILES string of the molecule is COc1cc(-n2ccc3cc([N+](=O)[O-])ccc32)cc(OC)c1OC. The van der Waals surface area contributed by atoms with Crippen molar-refractivity contribution in [3.05, 3.63) is 52.7 Å². The third-order valence-electron chi connectivity index (χ3n) is 3.81. The van der Waals surface area contributed by atoms with Gasteiger partial charge in [-0.1, -0.05) is 0 Å². The van der Waals surface area contributed by atoms with Gasteiger partial charge in [-0.2, -0.15) is 0 Å². The van der Waals surface area contributed by atoms with Crippen molar-refractivity contribution in [1.29, 1.82) is 0 Å². The third kappa shape index (κ3) is 2.50. The van der Waals surface area contributed by atoms with Gasteiger partial charge >= 0.3 is 0 Å². The standard InChI is InChI=1S/C17H16N2O5/c1-22-15-9-13(10-16(23-2)17(15)24-3)18-7-6-11-8-12(19(20)21)4-5-14(11)18/h4-10H,1-3H3. The molecule has 0 fully saturated rings. The molecule has 2 aromatic carbocycles. The summed E-state index contributed by atoms with van der Waals surface area (Å²) in [6.45, 7) is 0. The van der Waals surface area contributed by atoms with Crippen molar-refractivity contribution < 1.29 is 19.1 Å². The highest BCUT2D eigenvalue weighted by Crippen LogP contribution is 2.40. The number of fused-ring (bicyclic) bond motifs is 1. The van der Waals surface area contributed by atoms with Crippen molar-refractivity contribution in [3.8, 4) is 22.9 Å². The van der Waals surface area contributed by atoms with Crippen molar-refractivity contribution >= 4 is 16.6 Å². The van der Waals surface area contributed by atoms with E-state index in [1.54, 1.807) is 33.5 Å². The van der Waals surface area contributed by atoms with E-state index in [1.165, 1.54) is 6.07 Å². The lowest BCUT2D eigenvalue weighted by atomic mass is 10.2. The Hall–Kier alpha value is -3.22. The number of nitro benzene ring substituents is 1. The molecule has 3 rings (SSSR count). The Balaban J connectivity index is 2.18. The molecule has 0 atom stereocenters. The van der Waals surface area contributed by atoms with Gasteiger partial charge in [0.25, 0.3) is 5.69 Å². The van der Waals surface area contributed by atoms with Gasteiger partial charge in [0.05, 0.1) is 37.5 Å². The summed E-state index contributed by atoms with van der Waals surface area (Å²) in [5.41, 5.74) is 1.70. The molecule has 0 bridgehead atoms. The summed E-state index contributed by atoms with van der Waals surface area (Å²) < 4.78 is 18.0. The Labute approximate surface area is 138 Å². The van der Waals surface area contributed by atoms with Crippen LogP contribution in [0.4, 0.5) is 5.69 Å². The smallest absolute Gasteiger partial charge is 0.270 e. The van der Waals surface area contributed by atoms with Crippen molar-refractivity contribution in [3.63, 3.8) is 0 Å². The zero-order valence-electron chi connectivity index (χ0n) is 13.5. The molecule has 0 saturated heterocycles. The molecular weight excluding hydrogens is 312 g/mol. The molecule has 0 amide bonds. The number of hydrogen-bond donors (Lipinski definition) is 0. The van der Waals surface area contributed by atoms with Gasteiger partial charge in [-0.15, -0.1) is 0 Å². The highest BCUT2D eigenvalue weighted by Gasteiger charge is 2.16. The predicted octanol–water partition coefficient (Wildman–Crippen LogP) is 3.56. The second-order valence-corrected chi connectivity index (χ2v) is 5.07. The molecule has 0 aliphatic rings. The molecule has 0 aliphatic heterocycles. The first-order valence-corrected chi connectivity index (χ1v) is 7.15. The van der Waals surface area contributed by atoms with Gasteiger partial charge in [0, 0.05) is 35.8 Å². The lowest BCUT2D eigenvalue weighted by Gasteiger charge is -2.15. The van der Waals surface area contributed by atoms with E-state index in [4.69, 9.17) is 14.2 Å². The summed E-state index contributed by atoms with van der Waals surface area (Å²) >= 11 is 0. The molecule has 0 unspecified atom stereocenters. The highest BCUT2D eigenvalue weighted by molar-refractivity contribution is 5.84. The van der Waals surface area contributed by atoms with Crippen LogP contribution in [0, 0.1) is 10.1 Å². The van der Waals surface area contributed by atoms with Gasteiger partial charge in [0.2, 0.25) is 5.75 Å². The minimum absolute atomic E-state index is 0.0603. The predicted molar refractivity (Wildman–Crippen MR) is 89.6 cm³/mol. The van der Waals surface area contributed by atoms with Crippen molar-refractivity contribution in [1.82, 2.24) is 4.57 Å². The average Bonchev–Trinajstić information content (AvgIpc) is 3.03. The lowest BCUT2D eigenvalue weighted by Crippen LogP contribution is -1.99. The van der Waals surface area contributed by atoms with Crippen LogP contribution in [0.2, 0.25) is 0 Å². The van der Waals surface area contributed by atoms with Crippen LogP contribution in [-0.2, 0) is 0 Å². The molecule has 24 heavy (non-hydrogen) atoms. The first-order valence-electron chi connectivity index (χ1n) is 7.15. The largest absolute Gasteiger partial charge is 0.493 e. The number of non-ortho nitro benzene ring substituents is 1. The molecule has 124 valence electrons. The fraction of sp³-hybridized carbons (Fsp3) is 0.176. The summed E-state index contributed by atoms with van der Waals surface area (Å²) in [5.74, 6) is 1.59. The Bertz CT molecular complexity index is 891. The number of nitro groups is 1. The quantitative estimate of drug-likeness (QED) is 0.529. The van der Waals surface area contributed by atoms with Crippen LogP contribution in [0.5, 0.6) is 17.2 Å². The molecule has 7 nitrogen and oxygen atoms in total. The zero-order chi connectivity index (χ0) is 17.3. The van der Waals surface area contributed by atoms with E-state index in [2.05, 4.69) is 0 Å². The molecule has 0 saturated carbocycles. The van der Waals surface area contributed by atoms with Crippen molar-refractivity contribution in [2.75, 3.05) is 21.3 Å². The highest BCUT2D eigenvalue weighted by atomic mass is 16.6. The normalized spacial score (nSPS) is 10.6. The minimum Gasteiger partial charge on any atom is -0.493 e. The van der Waals surface area contributed by atoms with Crippen LogP contribution in [0.15, 0.2) is 42.6 Å². The van der Waals surface area contributed by atoms with Gasteiger partial charge in [0.1, 0.15) is 0 Å². The van der Waals surface area contributed by atoms with Crippen LogP contribution in [-0.4, -0.2) is 30.8 Å². The van der Waals surface area contributed by atoms with E-state index in [0.717, 1.165) is 16.6 Å². The second kappa shape index (κ2) is 6.11. The van der Waals surface area contributed by atoms with E-state index < -0.39 is 4.92 Å². The van der Waals surface area contributed by atoms with Gasteiger partial charge in [0.15, 0.2) is 11.5 Å². The minimum atomic E-state index is -0.407. The molecule has 0 aliphatic carbocycles. The maximum atomic E-state index is 10.9. The summed E-state index contributed by atoms with van der Waals surface area (Å²) in [4.78, 5) is 10.5. The van der Waals surface area contributed by atoms with Crippen molar-refractivity contribution in [2.24, 2.45) is 0 Å². The first kappa shape index (κ1) is 15.7. The molecule has 3 aromatic rings. The number of nitrogens with zero attached hydrogens (tertiary/aromatic N) is 2. The van der Waals surface area contributed by atoms with E-state index >= 15 is 0 Å². The first-order chi connectivity index (χ1) is 11.6. The van der Waals surface area contributed by atoms with Gasteiger partial charge in [-0.3, -0.25) is 10.1 Å². The number of hydrogen-bond acceptors (Lipinski definition) is 5. The van der Waals surface area contributed by atoms with E-state index in [1.807, 2.05) is 29.0 Å². The molecule has 7 heteroatoms. The van der Waals surface area contributed by atoms with E-state index in [-0.39, 0.29) is 5.69 Å². The van der Waals surface area contributed by atoms with Crippen LogP contribution in [0.3, 0.4) is 0 Å². The summed E-state index contributed by atoms with van der Waals surface area (Å²) in [6.07, 6.45) is 1.84. The fourth-order valence-electron chi connectivity index (χ4n) is 2.67. The van der Waals surface area contributed by atoms with Crippen molar-refractivity contribution in [2.45, 2.75) is 0 Å². The zero-order valence-corrected chi connectivity index (χ0v) is 13.5. The molecule has 1 heterocycles. The van der Waals surface area contributed by atoms with Crippen LogP contribution in [0.25, 0.3) is 16.6 Å². The van der Waals surface area contributed by atoms with Crippen LogP contribution >= 0.6 is 0 Å².